The predicted octanol–water partition coefficient (Wildman–Crippen LogP) is 3.32. The van der Waals surface area contributed by atoms with Crippen molar-refractivity contribution in [2.45, 2.75) is 12.6 Å². The van der Waals surface area contributed by atoms with Crippen LogP contribution in [0.5, 0.6) is 0 Å². The molecule has 1 aliphatic rings. The largest absolute Gasteiger partial charge is 0.327 e. The Morgan fingerprint density at radius 2 is 1.70 bits per heavy atom. The van der Waals surface area contributed by atoms with Gasteiger partial charge in [0.2, 0.25) is 0 Å². The number of urea groups is 1. The molecule has 1 fully saturated rings. The third-order valence-electron chi connectivity index (χ3n) is 3.94. The van der Waals surface area contributed by atoms with Crippen LogP contribution in [0, 0.1) is 0 Å². The molecule has 0 bridgehead atoms. The Labute approximate surface area is 135 Å². The molecule has 0 spiro atoms. The summed E-state index contributed by atoms with van der Waals surface area (Å²) in [5.41, 5.74) is 1.55. The molecule has 1 saturated heterocycles. The summed E-state index contributed by atoms with van der Waals surface area (Å²) in [7, 11) is 0. The lowest BCUT2D eigenvalue weighted by Crippen LogP contribution is -2.39. The number of rotatable bonds is 4. The van der Waals surface area contributed by atoms with Crippen LogP contribution in [0.1, 0.15) is 15.9 Å². The van der Waals surface area contributed by atoms with Crippen LogP contribution in [-0.4, -0.2) is 34.3 Å². The van der Waals surface area contributed by atoms with Crippen molar-refractivity contribution in [2.24, 2.45) is 0 Å². The van der Waals surface area contributed by atoms with Crippen LogP contribution in [0.15, 0.2) is 73.3 Å². The van der Waals surface area contributed by atoms with Gasteiger partial charge in [0, 0.05) is 18.7 Å². The quantitative estimate of drug-likeness (QED) is 0.813. The van der Waals surface area contributed by atoms with Gasteiger partial charge in [-0.05, 0) is 17.7 Å². The molecule has 23 heavy (non-hydrogen) atoms. The fourth-order valence-corrected chi connectivity index (χ4v) is 2.75. The highest BCUT2D eigenvalue weighted by Gasteiger charge is 2.39. The summed E-state index contributed by atoms with van der Waals surface area (Å²) in [6.45, 7) is 4.73. The van der Waals surface area contributed by atoms with Gasteiger partial charge >= 0.3 is 6.03 Å². The second kappa shape index (κ2) is 6.48. The molecule has 116 valence electrons. The number of carbonyl (C=O) groups is 2. The summed E-state index contributed by atoms with van der Waals surface area (Å²) in [6.07, 6.45) is 1.66. The van der Waals surface area contributed by atoms with Crippen LogP contribution in [-0.2, 0) is 6.54 Å². The van der Waals surface area contributed by atoms with Crippen molar-refractivity contribution >= 4 is 11.9 Å². The fraction of sp³-hybridized carbons (Fsp3) is 0.158. The molecule has 0 unspecified atom stereocenters. The van der Waals surface area contributed by atoms with E-state index in [1.165, 1.54) is 4.90 Å². The van der Waals surface area contributed by atoms with Crippen LogP contribution in [0.4, 0.5) is 4.79 Å². The fourth-order valence-electron chi connectivity index (χ4n) is 2.75. The van der Waals surface area contributed by atoms with Gasteiger partial charge in [-0.2, -0.15) is 0 Å². The van der Waals surface area contributed by atoms with Gasteiger partial charge in [0.1, 0.15) is 0 Å². The zero-order chi connectivity index (χ0) is 16.2. The van der Waals surface area contributed by atoms with Crippen LogP contribution < -0.4 is 0 Å². The first-order chi connectivity index (χ1) is 11.2. The van der Waals surface area contributed by atoms with Crippen molar-refractivity contribution < 1.29 is 9.59 Å². The third-order valence-corrected chi connectivity index (χ3v) is 3.94. The number of carbonyl (C=O) groups excluding carboxylic acids is 2. The molecule has 2 aromatic rings. The number of hydrogen-bond acceptors (Lipinski definition) is 2. The standard InChI is InChI=1S/C19H18N2O2/c1-2-17-14-20(13-15-9-5-3-6-10-15)19(23)21(17)18(22)16-11-7-4-8-12-16/h2-12,17H,1,13-14H2/t17-/m0/s1. The van der Waals surface area contributed by atoms with E-state index in [4.69, 9.17) is 0 Å². The Bertz CT molecular complexity index is 713. The zero-order valence-corrected chi connectivity index (χ0v) is 12.8. The number of amides is 3. The van der Waals surface area contributed by atoms with Gasteiger partial charge < -0.3 is 4.90 Å². The third kappa shape index (κ3) is 3.01. The van der Waals surface area contributed by atoms with E-state index in [1.807, 2.05) is 36.4 Å². The molecule has 0 saturated carbocycles. The lowest BCUT2D eigenvalue weighted by atomic mass is 10.2. The topological polar surface area (TPSA) is 40.6 Å². The van der Waals surface area contributed by atoms with Crippen molar-refractivity contribution in [1.29, 1.82) is 0 Å². The van der Waals surface area contributed by atoms with E-state index in [-0.39, 0.29) is 18.0 Å². The van der Waals surface area contributed by atoms with Crippen LogP contribution in [0.2, 0.25) is 0 Å². The minimum atomic E-state index is -0.307. The van der Waals surface area contributed by atoms with Gasteiger partial charge in [0.15, 0.2) is 0 Å². The average molecular weight is 306 g/mol. The van der Waals surface area contributed by atoms with E-state index in [0.29, 0.717) is 18.7 Å². The van der Waals surface area contributed by atoms with Gasteiger partial charge in [-0.15, -0.1) is 6.58 Å². The molecule has 1 atom stereocenters. The molecular formula is C19H18N2O2. The lowest BCUT2D eigenvalue weighted by molar-refractivity contribution is 0.0799. The molecule has 3 amide bonds. The van der Waals surface area contributed by atoms with Crippen molar-refractivity contribution in [2.75, 3.05) is 6.54 Å². The number of benzene rings is 2. The molecule has 0 aromatic heterocycles. The maximum Gasteiger partial charge on any atom is 0.327 e. The van der Waals surface area contributed by atoms with Crippen LogP contribution in [0.3, 0.4) is 0 Å². The second-order valence-corrected chi connectivity index (χ2v) is 5.49. The normalized spacial score (nSPS) is 17.4. The molecule has 4 heteroatoms. The van der Waals surface area contributed by atoms with Gasteiger partial charge in [0.05, 0.1) is 6.04 Å². The van der Waals surface area contributed by atoms with Crippen molar-refractivity contribution in [3.05, 3.63) is 84.4 Å². The molecule has 2 aromatic carbocycles. The first kappa shape index (κ1) is 15.0. The molecule has 0 radical (unpaired) electrons. The summed E-state index contributed by atoms with van der Waals surface area (Å²) < 4.78 is 0. The second-order valence-electron chi connectivity index (χ2n) is 5.49. The van der Waals surface area contributed by atoms with Crippen LogP contribution in [0.25, 0.3) is 0 Å². The average Bonchev–Trinajstić information content (AvgIpc) is 2.92. The number of nitrogens with zero attached hydrogens (tertiary/aromatic N) is 2. The Kier molecular flexibility index (Phi) is 4.24. The first-order valence-corrected chi connectivity index (χ1v) is 7.54. The summed E-state index contributed by atoms with van der Waals surface area (Å²) in [5, 5.41) is 0. The van der Waals surface area contributed by atoms with Gasteiger partial charge in [-0.25, -0.2) is 4.79 Å². The molecule has 1 aliphatic heterocycles. The number of hydrogen-bond donors (Lipinski definition) is 0. The van der Waals surface area contributed by atoms with E-state index in [2.05, 4.69) is 6.58 Å². The zero-order valence-electron chi connectivity index (χ0n) is 12.8. The van der Waals surface area contributed by atoms with Gasteiger partial charge in [0.25, 0.3) is 5.91 Å². The summed E-state index contributed by atoms with van der Waals surface area (Å²) in [4.78, 5) is 28.3. The Hall–Kier alpha value is -2.88. The van der Waals surface area contributed by atoms with E-state index in [9.17, 15) is 9.59 Å². The van der Waals surface area contributed by atoms with Gasteiger partial charge in [-0.1, -0.05) is 54.6 Å². The smallest absolute Gasteiger partial charge is 0.318 e. The van der Waals surface area contributed by atoms with E-state index in [1.54, 1.807) is 35.2 Å². The first-order valence-electron chi connectivity index (χ1n) is 7.54. The monoisotopic (exact) mass is 306 g/mol. The minimum Gasteiger partial charge on any atom is -0.318 e. The Morgan fingerprint density at radius 3 is 2.30 bits per heavy atom. The highest BCUT2D eigenvalue weighted by atomic mass is 16.2. The SMILES string of the molecule is C=C[C@H]1CN(Cc2ccccc2)C(=O)N1C(=O)c1ccccc1. The minimum absolute atomic E-state index is 0.271. The van der Waals surface area contributed by atoms with E-state index >= 15 is 0 Å². The van der Waals surface area contributed by atoms with Crippen molar-refractivity contribution in [1.82, 2.24) is 9.80 Å². The highest BCUT2D eigenvalue weighted by molar-refractivity contribution is 6.05. The Balaban J connectivity index is 1.82. The molecular weight excluding hydrogens is 288 g/mol. The summed E-state index contributed by atoms with van der Waals surface area (Å²) in [5.74, 6) is -0.281. The predicted molar refractivity (Wildman–Crippen MR) is 88.8 cm³/mol. The van der Waals surface area contributed by atoms with Crippen molar-refractivity contribution in [3.63, 3.8) is 0 Å². The van der Waals surface area contributed by atoms with Gasteiger partial charge in [-0.3, -0.25) is 9.69 Å². The van der Waals surface area contributed by atoms with Crippen LogP contribution >= 0.6 is 0 Å². The van der Waals surface area contributed by atoms with E-state index < -0.39 is 0 Å². The maximum absolute atomic E-state index is 12.7. The Morgan fingerprint density at radius 1 is 1.09 bits per heavy atom. The van der Waals surface area contributed by atoms with Crippen molar-refractivity contribution in [3.8, 4) is 0 Å². The summed E-state index contributed by atoms with van der Waals surface area (Å²) in [6, 6.07) is 18.0. The molecule has 3 rings (SSSR count). The van der Waals surface area contributed by atoms with E-state index in [0.717, 1.165) is 5.56 Å². The highest BCUT2D eigenvalue weighted by Crippen LogP contribution is 2.22. The summed E-state index contributed by atoms with van der Waals surface area (Å²) >= 11 is 0. The lowest BCUT2D eigenvalue weighted by Gasteiger charge is -2.19. The molecule has 4 nitrogen and oxygen atoms in total. The number of imide groups is 1. The molecule has 0 N–H and O–H groups in total. The maximum atomic E-state index is 12.7. The molecule has 1 heterocycles. The molecule has 0 aliphatic carbocycles.